The van der Waals surface area contributed by atoms with Crippen molar-refractivity contribution in [1.82, 2.24) is 0 Å². The third-order valence-corrected chi connectivity index (χ3v) is 3.34. The molecule has 0 aliphatic carbocycles. The van der Waals surface area contributed by atoms with Gasteiger partial charge >= 0.3 is 5.63 Å². The number of hydrazone groups is 1. The van der Waals surface area contributed by atoms with Crippen LogP contribution in [-0.2, 0) is 0 Å². The molecule has 3 aromatic rings. The van der Waals surface area contributed by atoms with Gasteiger partial charge in [-0.05, 0) is 31.0 Å². The summed E-state index contributed by atoms with van der Waals surface area (Å²) >= 11 is 0. The van der Waals surface area contributed by atoms with Crippen LogP contribution in [0.25, 0.3) is 21.9 Å². The molecule has 21 heavy (non-hydrogen) atoms. The van der Waals surface area contributed by atoms with Crippen LogP contribution >= 0.6 is 0 Å². The number of fused-ring (bicyclic) bond motifs is 3. The molecule has 3 rings (SSSR count). The summed E-state index contributed by atoms with van der Waals surface area (Å²) in [5, 5.41) is 5.82. The number of hydrogen-bond donors (Lipinski definition) is 1. The van der Waals surface area contributed by atoms with E-state index in [9.17, 15) is 4.79 Å². The highest BCUT2D eigenvalue weighted by Crippen LogP contribution is 2.33. The summed E-state index contributed by atoms with van der Waals surface area (Å²) in [6, 6.07) is 5.17. The van der Waals surface area contributed by atoms with E-state index in [1.165, 1.54) is 6.07 Å². The number of nitrogens with zero attached hydrogens (tertiary/aromatic N) is 1. The van der Waals surface area contributed by atoms with Gasteiger partial charge in [-0.25, -0.2) is 4.79 Å². The first-order chi connectivity index (χ1) is 10.2. The summed E-state index contributed by atoms with van der Waals surface area (Å²) in [6.45, 7) is 3.98. The first-order valence-corrected chi connectivity index (χ1v) is 6.93. The number of nitrogens with one attached hydrogen (secondary N) is 1. The first kappa shape index (κ1) is 13.4. The number of unbranched alkanes of at least 4 members (excludes halogenated alkanes) is 1. The highest BCUT2D eigenvalue weighted by atomic mass is 16.4. The molecule has 5 heteroatoms. The average molecular weight is 284 g/mol. The molecule has 108 valence electrons. The summed E-state index contributed by atoms with van der Waals surface area (Å²) in [5.41, 5.74) is 5.44. The van der Waals surface area contributed by atoms with Crippen molar-refractivity contribution in [2.45, 2.75) is 26.7 Å². The van der Waals surface area contributed by atoms with Crippen LogP contribution in [0.1, 0.15) is 25.3 Å². The van der Waals surface area contributed by atoms with Crippen molar-refractivity contribution in [2.24, 2.45) is 5.10 Å². The fraction of sp³-hybridized carbons (Fsp3) is 0.250. The maximum absolute atomic E-state index is 11.6. The zero-order valence-corrected chi connectivity index (χ0v) is 12.0. The summed E-state index contributed by atoms with van der Waals surface area (Å²) in [4.78, 5) is 11.6. The minimum absolute atomic E-state index is 0.357. The van der Waals surface area contributed by atoms with Crippen LogP contribution in [0.15, 0.2) is 43.2 Å². The molecule has 5 nitrogen and oxygen atoms in total. The van der Waals surface area contributed by atoms with Crippen LogP contribution in [0.2, 0.25) is 0 Å². The van der Waals surface area contributed by atoms with Crippen molar-refractivity contribution >= 4 is 33.8 Å². The molecule has 0 radical (unpaired) electrons. The molecule has 0 saturated heterocycles. The van der Waals surface area contributed by atoms with Crippen molar-refractivity contribution in [3.05, 3.63) is 40.4 Å². The lowest BCUT2D eigenvalue weighted by molar-refractivity contribution is 0.562. The second-order valence-corrected chi connectivity index (χ2v) is 4.92. The first-order valence-electron chi connectivity index (χ1n) is 6.93. The molecule has 0 saturated carbocycles. The van der Waals surface area contributed by atoms with Crippen molar-refractivity contribution < 1.29 is 8.83 Å². The van der Waals surface area contributed by atoms with Crippen LogP contribution in [0, 0.1) is 6.92 Å². The monoisotopic (exact) mass is 284 g/mol. The Morgan fingerprint density at radius 1 is 1.29 bits per heavy atom. The van der Waals surface area contributed by atoms with E-state index in [4.69, 9.17) is 8.83 Å². The van der Waals surface area contributed by atoms with E-state index >= 15 is 0 Å². The quantitative estimate of drug-likeness (QED) is 0.446. The summed E-state index contributed by atoms with van der Waals surface area (Å²) in [7, 11) is 0. The molecular weight excluding hydrogens is 268 g/mol. The summed E-state index contributed by atoms with van der Waals surface area (Å²) in [6.07, 6.45) is 5.36. The topological polar surface area (TPSA) is 67.7 Å². The molecule has 0 aliphatic rings. The van der Waals surface area contributed by atoms with Gasteiger partial charge < -0.3 is 8.83 Å². The second-order valence-electron chi connectivity index (χ2n) is 4.92. The Morgan fingerprint density at radius 3 is 2.95 bits per heavy atom. The number of hydrogen-bond acceptors (Lipinski definition) is 5. The highest BCUT2D eigenvalue weighted by molar-refractivity contribution is 6.08. The van der Waals surface area contributed by atoms with Gasteiger partial charge in [-0.2, -0.15) is 5.10 Å². The minimum Gasteiger partial charge on any atom is -0.462 e. The Labute approximate surface area is 121 Å². The Hall–Kier alpha value is -2.56. The van der Waals surface area contributed by atoms with Gasteiger partial charge in [0.05, 0.1) is 11.6 Å². The van der Waals surface area contributed by atoms with E-state index in [2.05, 4.69) is 17.5 Å². The zero-order chi connectivity index (χ0) is 14.8. The SMILES string of the molecule is CCC/C=N/Nc1cc2c(C)cc(=O)oc2c2ccoc12. The van der Waals surface area contributed by atoms with Crippen LogP contribution in [-0.4, -0.2) is 6.21 Å². The van der Waals surface area contributed by atoms with Crippen molar-refractivity contribution in [3.63, 3.8) is 0 Å². The second kappa shape index (κ2) is 5.44. The Kier molecular flexibility index (Phi) is 3.48. The molecule has 0 fully saturated rings. The molecule has 1 N–H and O–H groups in total. The van der Waals surface area contributed by atoms with Crippen LogP contribution in [0.3, 0.4) is 0 Å². The lowest BCUT2D eigenvalue weighted by Crippen LogP contribution is -1.99. The minimum atomic E-state index is -0.357. The average Bonchev–Trinajstić information content (AvgIpc) is 2.94. The van der Waals surface area contributed by atoms with Crippen molar-refractivity contribution in [1.29, 1.82) is 0 Å². The van der Waals surface area contributed by atoms with Gasteiger partial charge in [-0.3, -0.25) is 5.43 Å². The van der Waals surface area contributed by atoms with E-state index in [0.29, 0.717) is 11.2 Å². The smallest absolute Gasteiger partial charge is 0.336 e. The number of rotatable bonds is 4. The van der Waals surface area contributed by atoms with Crippen LogP contribution in [0.4, 0.5) is 5.69 Å². The highest BCUT2D eigenvalue weighted by Gasteiger charge is 2.13. The van der Waals surface area contributed by atoms with Gasteiger partial charge in [0.2, 0.25) is 0 Å². The van der Waals surface area contributed by atoms with Gasteiger partial charge in [-0.15, -0.1) is 0 Å². The van der Waals surface area contributed by atoms with E-state index < -0.39 is 0 Å². The Bertz CT molecular complexity index is 874. The largest absolute Gasteiger partial charge is 0.462 e. The summed E-state index contributed by atoms with van der Waals surface area (Å²) in [5.74, 6) is 0. The maximum atomic E-state index is 11.6. The number of furan rings is 1. The van der Waals surface area contributed by atoms with Crippen LogP contribution in [0.5, 0.6) is 0 Å². The standard InChI is InChI=1S/C16H16N2O3/c1-3-4-6-17-18-13-9-12-10(2)8-14(19)21-15(12)11-5-7-20-16(11)13/h5-9,18H,3-4H2,1-2H3/b17-6+. The predicted octanol–water partition coefficient (Wildman–Crippen LogP) is 4.05. The molecule has 1 aromatic carbocycles. The molecule has 0 aliphatic heterocycles. The van der Waals surface area contributed by atoms with E-state index in [1.807, 2.05) is 19.2 Å². The van der Waals surface area contributed by atoms with E-state index in [0.717, 1.165) is 34.9 Å². The van der Waals surface area contributed by atoms with Gasteiger partial charge in [0, 0.05) is 17.7 Å². The zero-order valence-electron chi connectivity index (χ0n) is 12.0. The number of benzene rings is 1. The third kappa shape index (κ3) is 2.42. The Morgan fingerprint density at radius 2 is 2.14 bits per heavy atom. The molecule has 2 aromatic heterocycles. The molecule has 0 bridgehead atoms. The van der Waals surface area contributed by atoms with Crippen LogP contribution < -0.4 is 11.1 Å². The van der Waals surface area contributed by atoms with Gasteiger partial charge in [-0.1, -0.05) is 13.3 Å². The molecule has 0 spiro atoms. The lowest BCUT2D eigenvalue weighted by atomic mass is 10.1. The maximum Gasteiger partial charge on any atom is 0.336 e. The fourth-order valence-electron chi connectivity index (χ4n) is 2.30. The summed E-state index contributed by atoms with van der Waals surface area (Å²) < 4.78 is 10.8. The van der Waals surface area contributed by atoms with Gasteiger partial charge in [0.25, 0.3) is 0 Å². The number of aryl methyl sites for hydroxylation is 1. The van der Waals surface area contributed by atoms with Gasteiger partial charge in [0.15, 0.2) is 5.58 Å². The van der Waals surface area contributed by atoms with E-state index in [1.54, 1.807) is 12.3 Å². The molecule has 2 heterocycles. The lowest BCUT2D eigenvalue weighted by Gasteiger charge is -2.06. The fourth-order valence-corrected chi connectivity index (χ4v) is 2.30. The molecular formula is C16H16N2O3. The van der Waals surface area contributed by atoms with Crippen molar-refractivity contribution in [3.8, 4) is 0 Å². The normalized spacial score (nSPS) is 11.7. The van der Waals surface area contributed by atoms with E-state index in [-0.39, 0.29) is 5.63 Å². The number of anilines is 1. The predicted molar refractivity (Wildman–Crippen MR) is 84.0 cm³/mol. The van der Waals surface area contributed by atoms with Gasteiger partial charge in [0.1, 0.15) is 11.3 Å². The molecule has 0 unspecified atom stereocenters. The molecule has 0 atom stereocenters. The third-order valence-electron chi connectivity index (χ3n) is 3.34. The van der Waals surface area contributed by atoms with Crippen molar-refractivity contribution in [2.75, 3.05) is 5.43 Å². The Balaban J connectivity index is 2.19. The molecule has 0 amide bonds.